The van der Waals surface area contributed by atoms with E-state index in [0.717, 1.165) is 56.5 Å². The van der Waals surface area contributed by atoms with Crippen LogP contribution in [0.15, 0.2) is 72.9 Å². The van der Waals surface area contributed by atoms with Crippen LogP contribution in [-0.2, 0) is 6.42 Å². The van der Waals surface area contributed by atoms with Gasteiger partial charge in [0.05, 0.1) is 0 Å². The molecule has 6 nitrogen and oxygen atoms in total. The van der Waals surface area contributed by atoms with Crippen molar-refractivity contribution in [2.45, 2.75) is 12.8 Å². The maximum absolute atomic E-state index is 13.1. The van der Waals surface area contributed by atoms with Gasteiger partial charge in [0.2, 0.25) is 0 Å². The van der Waals surface area contributed by atoms with Crippen molar-refractivity contribution in [1.29, 1.82) is 0 Å². The summed E-state index contributed by atoms with van der Waals surface area (Å²) >= 11 is 0. The number of carbonyl (C=O) groups excluding carboxylic acids is 1. The molecular formula is C26H27N5O. The quantitative estimate of drug-likeness (QED) is 0.507. The molecule has 1 fully saturated rings. The number of nitrogens with zero attached hydrogens (tertiary/aromatic N) is 4. The third-order valence-corrected chi connectivity index (χ3v) is 6.07. The fraction of sp³-hybridized carbons (Fsp3) is 0.269. The highest BCUT2D eigenvalue weighted by atomic mass is 16.2. The van der Waals surface area contributed by atoms with Crippen molar-refractivity contribution >= 4 is 16.9 Å². The molecule has 1 amide bonds. The highest BCUT2D eigenvalue weighted by Crippen LogP contribution is 2.20. The van der Waals surface area contributed by atoms with Crippen LogP contribution >= 0.6 is 0 Å². The van der Waals surface area contributed by atoms with E-state index in [-0.39, 0.29) is 5.91 Å². The molecule has 1 aliphatic heterocycles. The Hall–Kier alpha value is -3.51. The Morgan fingerprint density at radius 2 is 1.66 bits per heavy atom. The van der Waals surface area contributed by atoms with Gasteiger partial charge in [-0.05, 0) is 31.0 Å². The van der Waals surface area contributed by atoms with Crippen LogP contribution in [0.5, 0.6) is 0 Å². The van der Waals surface area contributed by atoms with Crippen LogP contribution in [0.25, 0.3) is 22.4 Å². The standard InChI is InChI=1S/C26H27N5O/c32-26(31-16-14-30(15-17-31)13-7-10-20-8-3-1-4-9-20)23-18-22-19-27-24(29-25(22)28-23)21-11-5-2-6-12-21/h1-6,8-9,11-12,18-19H,7,10,13-17H2,(H,27,28,29). The number of rotatable bonds is 6. The molecule has 0 bridgehead atoms. The van der Waals surface area contributed by atoms with Crippen molar-refractivity contribution in [3.05, 3.63) is 84.2 Å². The second-order valence-corrected chi connectivity index (χ2v) is 8.27. The number of nitrogens with one attached hydrogen (secondary N) is 1. The zero-order valence-electron chi connectivity index (χ0n) is 18.1. The second-order valence-electron chi connectivity index (χ2n) is 8.27. The Bertz CT molecular complexity index is 1180. The summed E-state index contributed by atoms with van der Waals surface area (Å²) in [6.45, 7) is 4.40. The number of aromatic nitrogens is 3. The summed E-state index contributed by atoms with van der Waals surface area (Å²) in [5, 5.41) is 0.854. The fourth-order valence-electron chi connectivity index (χ4n) is 4.25. The molecule has 162 valence electrons. The molecular weight excluding hydrogens is 398 g/mol. The maximum atomic E-state index is 13.1. The minimum absolute atomic E-state index is 0.0354. The fourth-order valence-corrected chi connectivity index (χ4v) is 4.25. The Morgan fingerprint density at radius 1 is 0.938 bits per heavy atom. The van der Waals surface area contributed by atoms with Gasteiger partial charge in [-0.2, -0.15) is 0 Å². The number of carbonyl (C=O) groups is 1. The van der Waals surface area contributed by atoms with Gasteiger partial charge in [0, 0.05) is 43.3 Å². The normalized spacial score (nSPS) is 14.7. The number of hydrogen-bond acceptors (Lipinski definition) is 4. The van der Waals surface area contributed by atoms with Crippen LogP contribution in [-0.4, -0.2) is 63.4 Å². The number of piperazine rings is 1. The van der Waals surface area contributed by atoms with Crippen LogP contribution < -0.4 is 0 Å². The van der Waals surface area contributed by atoms with Crippen molar-refractivity contribution in [1.82, 2.24) is 24.8 Å². The average molecular weight is 426 g/mol. The van der Waals surface area contributed by atoms with Crippen LogP contribution in [0.3, 0.4) is 0 Å². The smallest absolute Gasteiger partial charge is 0.270 e. The molecule has 0 atom stereocenters. The number of H-pyrrole nitrogens is 1. The molecule has 0 unspecified atom stereocenters. The van der Waals surface area contributed by atoms with E-state index in [9.17, 15) is 4.79 Å². The lowest BCUT2D eigenvalue weighted by Gasteiger charge is -2.34. The van der Waals surface area contributed by atoms with E-state index in [1.807, 2.05) is 41.3 Å². The zero-order valence-corrected chi connectivity index (χ0v) is 18.1. The van der Waals surface area contributed by atoms with Crippen molar-refractivity contribution in [3.63, 3.8) is 0 Å². The highest BCUT2D eigenvalue weighted by molar-refractivity contribution is 5.97. The number of fused-ring (bicyclic) bond motifs is 1. The summed E-state index contributed by atoms with van der Waals surface area (Å²) < 4.78 is 0. The minimum atomic E-state index is 0.0354. The predicted molar refractivity (Wildman–Crippen MR) is 126 cm³/mol. The molecule has 0 saturated carbocycles. The molecule has 1 N–H and O–H groups in total. The number of benzene rings is 2. The van der Waals surface area contributed by atoms with Gasteiger partial charge in [-0.25, -0.2) is 9.97 Å². The first-order valence-electron chi connectivity index (χ1n) is 11.2. The van der Waals surface area contributed by atoms with Crippen molar-refractivity contribution in [3.8, 4) is 11.4 Å². The monoisotopic (exact) mass is 425 g/mol. The van der Waals surface area contributed by atoms with Gasteiger partial charge in [-0.15, -0.1) is 0 Å². The Kier molecular flexibility index (Phi) is 5.94. The Balaban J connectivity index is 1.18. The van der Waals surface area contributed by atoms with E-state index in [1.165, 1.54) is 5.56 Å². The van der Waals surface area contributed by atoms with Crippen molar-refractivity contribution < 1.29 is 4.79 Å². The van der Waals surface area contributed by atoms with E-state index < -0.39 is 0 Å². The second kappa shape index (κ2) is 9.32. The molecule has 0 radical (unpaired) electrons. The molecule has 2 aromatic heterocycles. The van der Waals surface area contributed by atoms with E-state index >= 15 is 0 Å². The first-order chi connectivity index (χ1) is 15.8. The van der Waals surface area contributed by atoms with Gasteiger partial charge in [-0.3, -0.25) is 9.69 Å². The van der Waals surface area contributed by atoms with Crippen LogP contribution in [0.2, 0.25) is 0 Å². The maximum Gasteiger partial charge on any atom is 0.270 e. The van der Waals surface area contributed by atoms with E-state index in [1.54, 1.807) is 6.20 Å². The Labute approximate surface area is 187 Å². The molecule has 1 aliphatic rings. The molecule has 0 aliphatic carbocycles. The van der Waals surface area contributed by atoms with Gasteiger partial charge >= 0.3 is 0 Å². The number of aryl methyl sites for hydroxylation is 1. The lowest BCUT2D eigenvalue weighted by Crippen LogP contribution is -2.49. The first kappa shape index (κ1) is 20.4. The molecule has 32 heavy (non-hydrogen) atoms. The number of amides is 1. The molecule has 4 aromatic rings. The van der Waals surface area contributed by atoms with Crippen LogP contribution in [0, 0.1) is 0 Å². The Morgan fingerprint density at radius 3 is 2.41 bits per heavy atom. The first-order valence-corrected chi connectivity index (χ1v) is 11.2. The van der Waals surface area contributed by atoms with Gasteiger partial charge in [-0.1, -0.05) is 60.7 Å². The van der Waals surface area contributed by atoms with Crippen LogP contribution in [0.1, 0.15) is 22.5 Å². The lowest BCUT2D eigenvalue weighted by molar-refractivity contribution is 0.0631. The van der Waals surface area contributed by atoms with Crippen LogP contribution in [0.4, 0.5) is 0 Å². The average Bonchev–Trinajstić information content (AvgIpc) is 3.29. The third-order valence-electron chi connectivity index (χ3n) is 6.07. The lowest BCUT2D eigenvalue weighted by atomic mass is 10.1. The summed E-state index contributed by atoms with van der Waals surface area (Å²) in [6, 6.07) is 22.3. The molecule has 2 aromatic carbocycles. The SMILES string of the molecule is O=C(c1cc2cnc(-c3ccccc3)nc2[nH]1)N1CCN(CCCc2ccccc2)CC1. The molecule has 1 saturated heterocycles. The highest BCUT2D eigenvalue weighted by Gasteiger charge is 2.23. The topological polar surface area (TPSA) is 65.1 Å². The van der Waals surface area contributed by atoms with Crippen molar-refractivity contribution in [2.24, 2.45) is 0 Å². The largest absolute Gasteiger partial charge is 0.335 e. The summed E-state index contributed by atoms with van der Waals surface area (Å²) in [4.78, 5) is 29.7. The van der Waals surface area contributed by atoms with Gasteiger partial charge in [0.25, 0.3) is 5.91 Å². The summed E-state index contributed by atoms with van der Waals surface area (Å²) in [5.74, 6) is 0.691. The number of aromatic amines is 1. The van der Waals surface area contributed by atoms with E-state index in [0.29, 0.717) is 17.2 Å². The van der Waals surface area contributed by atoms with E-state index in [4.69, 9.17) is 0 Å². The van der Waals surface area contributed by atoms with E-state index in [2.05, 4.69) is 50.2 Å². The molecule has 5 rings (SSSR count). The van der Waals surface area contributed by atoms with Gasteiger partial charge in [0.15, 0.2) is 5.82 Å². The number of hydrogen-bond donors (Lipinski definition) is 1. The van der Waals surface area contributed by atoms with Gasteiger partial charge in [0.1, 0.15) is 11.3 Å². The predicted octanol–water partition coefficient (Wildman–Crippen LogP) is 4.02. The van der Waals surface area contributed by atoms with Gasteiger partial charge < -0.3 is 9.88 Å². The van der Waals surface area contributed by atoms with Crippen molar-refractivity contribution in [2.75, 3.05) is 32.7 Å². The molecule has 0 spiro atoms. The minimum Gasteiger partial charge on any atom is -0.335 e. The zero-order chi connectivity index (χ0) is 21.8. The molecule has 6 heteroatoms. The molecule has 3 heterocycles. The summed E-state index contributed by atoms with van der Waals surface area (Å²) in [7, 11) is 0. The third kappa shape index (κ3) is 4.55. The summed E-state index contributed by atoms with van der Waals surface area (Å²) in [5.41, 5.74) is 3.62. The summed E-state index contributed by atoms with van der Waals surface area (Å²) in [6.07, 6.45) is 4.02.